The fraction of sp³-hybridized carbons (Fsp3) is 0.500. The van der Waals surface area contributed by atoms with Gasteiger partial charge in [-0.1, -0.05) is 6.92 Å². The summed E-state index contributed by atoms with van der Waals surface area (Å²) < 4.78 is 0. The number of aliphatic hydroxyl groups excluding tert-OH is 1. The molecule has 0 amide bonds. The van der Waals surface area contributed by atoms with Crippen molar-refractivity contribution in [1.29, 1.82) is 0 Å². The summed E-state index contributed by atoms with van der Waals surface area (Å²) in [5.74, 6) is 0.206. The molecule has 88 valence electrons. The number of hydrogen-bond donors (Lipinski definition) is 2. The molecule has 1 rings (SSSR count). The highest BCUT2D eigenvalue weighted by molar-refractivity contribution is 5.59. The monoisotopic (exact) mass is 225 g/mol. The maximum Gasteiger partial charge on any atom is 0.314 e. The maximum atomic E-state index is 10.8. The van der Waals surface area contributed by atoms with Crippen LogP contribution in [0.5, 0.6) is 0 Å². The van der Waals surface area contributed by atoms with Gasteiger partial charge >= 0.3 is 5.69 Å². The molecule has 0 aliphatic carbocycles. The second-order valence-electron chi connectivity index (χ2n) is 3.53. The lowest BCUT2D eigenvalue weighted by Crippen LogP contribution is -2.19. The fourth-order valence-corrected chi connectivity index (χ4v) is 1.27. The molecule has 1 aromatic heterocycles. The third kappa shape index (κ3) is 2.90. The summed E-state index contributed by atoms with van der Waals surface area (Å²) in [6.45, 7) is 3.75. The Kier molecular flexibility index (Phi) is 4.19. The van der Waals surface area contributed by atoms with Gasteiger partial charge in [-0.15, -0.1) is 0 Å². The molecule has 16 heavy (non-hydrogen) atoms. The minimum absolute atomic E-state index is 0.0363. The predicted molar refractivity (Wildman–Crippen MR) is 60.4 cm³/mol. The lowest BCUT2D eigenvalue weighted by Gasteiger charge is -2.10. The SMILES string of the molecule is CCC(O)CNc1nccc(C)c1[N+](=O)[O-]. The molecule has 0 radical (unpaired) electrons. The van der Waals surface area contributed by atoms with Crippen LogP contribution in [0.4, 0.5) is 11.5 Å². The van der Waals surface area contributed by atoms with Gasteiger partial charge in [-0.25, -0.2) is 4.98 Å². The second kappa shape index (κ2) is 5.41. The van der Waals surface area contributed by atoms with Gasteiger partial charge in [0, 0.05) is 18.3 Å². The van der Waals surface area contributed by atoms with E-state index < -0.39 is 11.0 Å². The predicted octanol–water partition coefficient (Wildman–Crippen LogP) is 1.48. The molecule has 0 aliphatic rings. The molecule has 0 spiro atoms. The van der Waals surface area contributed by atoms with E-state index in [9.17, 15) is 15.2 Å². The quantitative estimate of drug-likeness (QED) is 0.585. The van der Waals surface area contributed by atoms with Crippen molar-refractivity contribution in [2.45, 2.75) is 26.4 Å². The Morgan fingerprint density at radius 3 is 2.94 bits per heavy atom. The van der Waals surface area contributed by atoms with Crippen molar-refractivity contribution in [3.8, 4) is 0 Å². The molecule has 6 nitrogen and oxygen atoms in total. The molecule has 1 aromatic rings. The number of nitrogens with one attached hydrogen (secondary N) is 1. The molecule has 0 saturated carbocycles. The number of aromatic nitrogens is 1. The molecule has 0 aromatic carbocycles. The summed E-state index contributed by atoms with van der Waals surface area (Å²) in [6.07, 6.45) is 1.57. The van der Waals surface area contributed by atoms with Crippen molar-refractivity contribution in [2.75, 3.05) is 11.9 Å². The summed E-state index contributed by atoms with van der Waals surface area (Å²) >= 11 is 0. The topological polar surface area (TPSA) is 88.3 Å². The van der Waals surface area contributed by atoms with Gasteiger partial charge in [0.2, 0.25) is 5.82 Å². The lowest BCUT2D eigenvalue weighted by atomic mass is 10.2. The largest absolute Gasteiger partial charge is 0.391 e. The lowest BCUT2D eigenvalue weighted by molar-refractivity contribution is -0.384. The second-order valence-corrected chi connectivity index (χ2v) is 3.53. The van der Waals surface area contributed by atoms with Crippen molar-refractivity contribution < 1.29 is 10.0 Å². The Balaban J connectivity index is 2.87. The number of nitro groups is 1. The van der Waals surface area contributed by atoms with Gasteiger partial charge in [0.05, 0.1) is 11.0 Å². The van der Waals surface area contributed by atoms with Crippen LogP contribution in [0.2, 0.25) is 0 Å². The van der Waals surface area contributed by atoms with Gasteiger partial charge in [0.1, 0.15) is 0 Å². The summed E-state index contributed by atoms with van der Waals surface area (Å²) in [6, 6.07) is 1.58. The van der Waals surface area contributed by atoms with E-state index in [-0.39, 0.29) is 18.1 Å². The van der Waals surface area contributed by atoms with E-state index in [1.165, 1.54) is 6.20 Å². The van der Waals surface area contributed by atoms with E-state index in [1.54, 1.807) is 13.0 Å². The average Bonchev–Trinajstić information content (AvgIpc) is 2.25. The standard InChI is InChI=1S/C10H15N3O3/c1-3-8(14)6-12-10-9(13(15)16)7(2)4-5-11-10/h4-5,8,14H,3,6H2,1-2H3,(H,11,12). The number of nitrogens with zero attached hydrogens (tertiary/aromatic N) is 2. The molecule has 0 bridgehead atoms. The first-order valence-electron chi connectivity index (χ1n) is 5.08. The van der Waals surface area contributed by atoms with Crippen LogP contribution in [0.15, 0.2) is 12.3 Å². The van der Waals surface area contributed by atoms with Gasteiger partial charge in [0.15, 0.2) is 0 Å². The van der Waals surface area contributed by atoms with Crippen LogP contribution >= 0.6 is 0 Å². The molecule has 1 unspecified atom stereocenters. The summed E-state index contributed by atoms with van der Waals surface area (Å²) in [5.41, 5.74) is 0.513. The van der Waals surface area contributed by atoms with Crippen molar-refractivity contribution in [2.24, 2.45) is 0 Å². The first-order chi connectivity index (χ1) is 7.56. The van der Waals surface area contributed by atoms with Crippen molar-refractivity contribution in [1.82, 2.24) is 4.98 Å². The van der Waals surface area contributed by atoms with E-state index in [1.807, 2.05) is 6.92 Å². The van der Waals surface area contributed by atoms with Gasteiger partial charge in [-0.2, -0.15) is 0 Å². The first-order valence-corrected chi connectivity index (χ1v) is 5.08. The number of pyridine rings is 1. The zero-order valence-electron chi connectivity index (χ0n) is 9.30. The zero-order valence-corrected chi connectivity index (χ0v) is 9.30. The van der Waals surface area contributed by atoms with Gasteiger partial charge < -0.3 is 10.4 Å². The Morgan fingerprint density at radius 2 is 2.38 bits per heavy atom. The maximum absolute atomic E-state index is 10.8. The van der Waals surface area contributed by atoms with Gasteiger partial charge in [-0.05, 0) is 19.4 Å². The highest BCUT2D eigenvalue weighted by atomic mass is 16.6. The van der Waals surface area contributed by atoms with Crippen molar-refractivity contribution in [3.05, 3.63) is 27.9 Å². The highest BCUT2D eigenvalue weighted by Crippen LogP contribution is 2.25. The normalized spacial score (nSPS) is 12.2. The molecule has 1 atom stereocenters. The van der Waals surface area contributed by atoms with Crippen LogP contribution < -0.4 is 5.32 Å². The average molecular weight is 225 g/mol. The highest BCUT2D eigenvalue weighted by Gasteiger charge is 2.18. The van der Waals surface area contributed by atoms with Crippen LogP contribution in [0.25, 0.3) is 0 Å². The number of anilines is 1. The van der Waals surface area contributed by atoms with Gasteiger partial charge in [0.25, 0.3) is 0 Å². The number of aliphatic hydroxyl groups is 1. The van der Waals surface area contributed by atoms with E-state index in [0.29, 0.717) is 12.0 Å². The molecule has 0 aliphatic heterocycles. The summed E-state index contributed by atoms with van der Waals surface area (Å²) in [7, 11) is 0. The van der Waals surface area contributed by atoms with E-state index in [4.69, 9.17) is 0 Å². The molecule has 0 saturated heterocycles. The number of hydrogen-bond acceptors (Lipinski definition) is 5. The van der Waals surface area contributed by atoms with Crippen LogP contribution in [-0.4, -0.2) is 27.7 Å². The minimum Gasteiger partial charge on any atom is -0.391 e. The van der Waals surface area contributed by atoms with Crippen LogP contribution in [0, 0.1) is 17.0 Å². The van der Waals surface area contributed by atoms with E-state index in [2.05, 4.69) is 10.3 Å². The molecule has 0 fully saturated rings. The molecule has 1 heterocycles. The molecule has 6 heteroatoms. The third-order valence-corrected chi connectivity index (χ3v) is 2.28. The van der Waals surface area contributed by atoms with Crippen LogP contribution in [0.3, 0.4) is 0 Å². The summed E-state index contributed by atoms with van der Waals surface area (Å²) in [5, 5.41) is 23.0. The van der Waals surface area contributed by atoms with E-state index >= 15 is 0 Å². The smallest absolute Gasteiger partial charge is 0.314 e. The first kappa shape index (κ1) is 12.4. The Bertz CT molecular complexity index is 382. The molecular formula is C10H15N3O3. The molecule has 2 N–H and O–H groups in total. The Morgan fingerprint density at radius 1 is 1.69 bits per heavy atom. The Labute approximate surface area is 93.5 Å². The number of aryl methyl sites for hydroxylation is 1. The van der Waals surface area contributed by atoms with Crippen LogP contribution in [-0.2, 0) is 0 Å². The van der Waals surface area contributed by atoms with Crippen LogP contribution in [0.1, 0.15) is 18.9 Å². The van der Waals surface area contributed by atoms with Crippen molar-refractivity contribution in [3.63, 3.8) is 0 Å². The van der Waals surface area contributed by atoms with Gasteiger partial charge in [-0.3, -0.25) is 10.1 Å². The zero-order chi connectivity index (χ0) is 12.1. The minimum atomic E-state index is -0.526. The molecular weight excluding hydrogens is 210 g/mol. The van der Waals surface area contributed by atoms with Crippen molar-refractivity contribution >= 4 is 11.5 Å². The third-order valence-electron chi connectivity index (χ3n) is 2.28. The summed E-state index contributed by atoms with van der Waals surface area (Å²) in [4.78, 5) is 14.3. The Hall–Kier alpha value is -1.69. The van der Waals surface area contributed by atoms with E-state index in [0.717, 1.165) is 0 Å². The fourth-order valence-electron chi connectivity index (χ4n) is 1.27. The number of rotatable bonds is 5.